The van der Waals surface area contributed by atoms with Crippen LogP contribution in [0.25, 0.3) is 21.3 Å². The molecule has 6 nitrogen and oxygen atoms in total. The van der Waals surface area contributed by atoms with E-state index in [4.69, 9.17) is 0 Å². The van der Waals surface area contributed by atoms with Crippen molar-refractivity contribution in [2.24, 2.45) is 0 Å². The van der Waals surface area contributed by atoms with E-state index in [1.807, 2.05) is 13.8 Å². The van der Waals surface area contributed by atoms with Crippen molar-refractivity contribution in [3.05, 3.63) is 21.3 Å². The summed E-state index contributed by atoms with van der Waals surface area (Å²) in [5.74, 6) is 0. The van der Waals surface area contributed by atoms with Gasteiger partial charge in [0.2, 0.25) is 0 Å². The number of hydrogen-bond acceptors (Lipinski definition) is 2. The molecule has 0 aromatic heterocycles. The van der Waals surface area contributed by atoms with E-state index in [1.54, 1.807) is 0 Å². The monoisotopic (exact) mass is 432 g/mol. The normalized spacial score (nSPS) is 12.4. The Morgan fingerprint density at radius 3 is 0.593 bits per heavy atom. The van der Waals surface area contributed by atoms with Crippen LogP contribution in [0, 0.1) is 0 Å². The summed E-state index contributed by atoms with van der Waals surface area (Å²) in [6.07, 6.45) is 0.204. The maximum absolute atomic E-state index is 4.53. The predicted molar refractivity (Wildman–Crippen MR) is 121 cm³/mol. The summed E-state index contributed by atoms with van der Waals surface area (Å²) in [7, 11) is 0. The van der Waals surface area contributed by atoms with Crippen molar-refractivity contribution >= 4 is 0 Å². The van der Waals surface area contributed by atoms with E-state index >= 15 is 0 Å². The van der Waals surface area contributed by atoms with Gasteiger partial charge in [0.1, 0.15) is 0 Å². The Kier molecular flexibility index (Phi) is 20.0. The molecule has 0 aliphatic rings. The average molecular weight is 433 g/mol. The van der Waals surface area contributed by atoms with Crippen molar-refractivity contribution in [1.82, 2.24) is 12.3 Å². The van der Waals surface area contributed by atoms with Gasteiger partial charge < -0.3 is 33.6 Å². The molecular formula is C20H50N6Ni-2. The van der Waals surface area contributed by atoms with Gasteiger partial charge in [-0.15, -0.1) is 36.0 Å². The summed E-state index contributed by atoms with van der Waals surface area (Å²) in [5, 5.41) is 18.1. The molecule has 0 unspecified atom stereocenters. The zero-order chi connectivity index (χ0) is 20.0. The third kappa shape index (κ3) is 37.6. The molecule has 0 bridgehead atoms. The number of rotatable bonds is 4. The Bertz CT molecular complexity index is 268. The Morgan fingerprint density at radius 1 is 0.407 bits per heavy atom. The van der Waals surface area contributed by atoms with Crippen LogP contribution in [0.4, 0.5) is 0 Å². The minimum Gasteiger partial charge on any atom is -0.673 e. The predicted octanol–water partition coefficient (Wildman–Crippen LogP) is 7.68. The summed E-state index contributed by atoms with van der Waals surface area (Å²) in [6.45, 7) is 29.3. The van der Waals surface area contributed by atoms with Gasteiger partial charge in [0.15, 0.2) is 0 Å². The van der Waals surface area contributed by atoms with Gasteiger partial charge in [0.25, 0.3) is 0 Å². The molecule has 0 rings (SSSR count). The Morgan fingerprint density at radius 2 is 0.519 bits per heavy atom. The second-order valence-corrected chi connectivity index (χ2v) is 10.5. The van der Waals surface area contributed by atoms with E-state index in [1.165, 1.54) is 0 Å². The largest absolute Gasteiger partial charge is 2.00 e. The third-order valence-electron chi connectivity index (χ3n) is 2.30. The molecule has 0 aliphatic heterocycles. The second-order valence-electron chi connectivity index (χ2n) is 10.5. The van der Waals surface area contributed by atoms with Gasteiger partial charge in [0.05, 0.1) is 0 Å². The first-order valence-corrected chi connectivity index (χ1v) is 9.08. The molecule has 0 fully saturated rings. The smallest absolute Gasteiger partial charge is 0.673 e. The molecule has 0 radical (unpaired) electrons. The summed E-state index contributed by atoms with van der Waals surface area (Å²) < 4.78 is 0. The second kappa shape index (κ2) is 14.3. The van der Waals surface area contributed by atoms with Crippen molar-refractivity contribution in [3.63, 3.8) is 0 Å². The minimum atomic E-state index is 0. The summed E-state index contributed by atoms with van der Waals surface area (Å²) >= 11 is 0. The fourth-order valence-corrected chi connectivity index (χ4v) is 2.30. The first kappa shape index (κ1) is 37.9. The molecular weight excluding hydrogens is 383 g/mol. The molecule has 0 aromatic rings. The Hall–Kier alpha value is 0.254. The van der Waals surface area contributed by atoms with E-state index in [9.17, 15) is 0 Å². The zero-order valence-electron chi connectivity index (χ0n) is 20.7. The van der Waals surface area contributed by atoms with Crippen molar-refractivity contribution in [3.8, 4) is 0 Å². The maximum Gasteiger partial charge on any atom is 2.00 e. The van der Waals surface area contributed by atoms with Gasteiger partial charge in [-0.25, -0.2) is 12.3 Å². The van der Waals surface area contributed by atoms with Crippen molar-refractivity contribution in [2.45, 2.75) is 131 Å². The van der Waals surface area contributed by atoms with Gasteiger partial charge >= 0.3 is 16.5 Å². The van der Waals surface area contributed by atoms with Crippen LogP contribution in [0.2, 0.25) is 0 Å². The van der Waals surface area contributed by atoms with E-state index in [-0.39, 0.29) is 63.3 Å². The molecule has 0 spiro atoms. The molecule has 0 aromatic carbocycles. The van der Waals surface area contributed by atoms with Crippen LogP contribution in [-0.4, -0.2) is 34.5 Å². The molecule has 6 N–H and O–H groups in total. The Balaban J connectivity index is -0.000000108. The van der Waals surface area contributed by atoms with E-state index in [2.05, 4.69) is 104 Å². The van der Waals surface area contributed by atoms with Gasteiger partial charge in [-0.1, -0.05) is 83.1 Å². The molecule has 0 saturated carbocycles. The first-order valence-electron chi connectivity index (χ1n) is 9.08. The maximum atomic E-state index is 4.53. The minimum absolute atomic E-state index is 0. The average Bonchev–Trinajstić information content (AvgIpc) is 2.02. The van der Waals surface area contributed by atoms with Crippen LogP contribution < -0.4 is 12.3 Å². The number of nitrogens with zero attached hydrogens (tertiary/aromatic N) is 4. The molecule has 27 heavy (non-hydrogen) atoms. The molecule has 0 atom stereocenters. The Labute approximate surface area is 181 Å². The molecule has 172 valence electrons. The molecule has 0 amide bonds. The topological polar surface area (TPSA) is 126 Å². The molecule has 0 aliphatic carbocycles. The standard InChI is InChI=1S/2C10H22N2.2H3N.Ni/c2*1-8(11-9(2,3)4)12-10(5,6)7;;;/h2*8H,1-7H3;2*1H3;/q2*-2;;;+2. The van der Waals surface area contributed by atoms with Gasteiger partial charge in [0, 0.05) is 0 Å². The van der Waals surface area contributed by atoms with E-state index < -0.39 is 0 Å². The molecule has 0 saturated heterocycles. The van der Waals surface area contributed by atoms with Crippen molar-refractivity contribution in [2.75, 3.05) is 0 Å². The molecule has 0 heterocycles. The van der Waals surface area contributed by atoms with Crippen molar-refractivity contribution < 1.29 is 16.5 Å². The summed E-state index contributed by atoms with van der Waals surface area (Å²) in [5.41, 5.74) is 0.0880. The van der Waals surface area contributed by atoms with Crippen LogP contribution in [0.15, 0.2) is 0 Å². The summed E-state index contributed by atoms with van der Waals surface area (Å²) in [6, 6.07) is 0. The van der Waals surface area contributed by atoms with Crippen LogP contribution in [0.1, 0.15) is 96.9 Å². The van der Waals surface area contributed by atoms with Gasteiger partial charge in [-0.2, -0.15) is 0 Å². The van der Waals surface area contributed by atoms with Crippen LogP contribution >= 0.6 is 0 Å². The van der Waals surface area contributed by atoms with Gasteiger partial charge in [-0.05, 0) is 0 Å². The quantitative estimate of drug-likeness (QED) is 0.441. The van der Waals surface area contributed by atoms with Gasteiger partial charge in [-0.3, -0.25) is 0 Å². The van der Waals surface area contributed by atoms with E-state index in [0.717, 1.165) is 0 Å². The summed E-state index contributed by atoms with van der Waals surface area (Å²) in [4.78, 5) is 0. The first-order chi connectivity index (χ1) is 10.2. The fourth-order valence-electron chi connectivity index (χ4n) is 2.30. The third-order valence-corrected chi connectivity index (χ3v) is 2.30. The zero-order valence-corrected chi connectivity index (χ0v) is 21.7. The fraction of sp³-hybridized carbons (Fsp3) is 1.00. The number of hydrogen-bond donors (Lipinski definition) is 2. The van der Waals surface area contributed by atoms with Crippen LogP contribution in [0.5, 0.6) is 0 Å². The van der Waals surface area contributed by atoms with Crippen molar-refractivity contribution in [1.29, 1.82) is 0 Å². The van der Waals surface area contributed by atoms with Crippen LogP contribution in [-0.2, 0) is 16.5 Å². The molecule has 7 heteroatoms. The SMILES string of the molecule is CC([N-]C(C)(C)C)[N-]C(C)(C)C.CC([N-]C(C)(C)C)[N-]C(C)(C)C.N.N.[Ni+2]. The van der Waals surface area contributed by atoms with E-state index in [0.29, 0.717) is 0 Å². The van der Waals surface area contributed by atoms with Crippen LogP contribution in [0.3, 0.4) is 0 Å².